The van der Waals surface area contributed by atoms with E-state index in [1.165, 1.54) is 4.88 Å². The Kier molecular flexibility index (Phi) is 4.03. The van der Waals surface area contributed by atoms with Crippen molar-refractivity contribution < 1.29 is 9.90 Å². The summed E-state index contributed by atoms with van der Waals surface area (Å²) in [6.45, 7) is 2.83. The van der Waals surface area contributed by atoms with Gasteiger partial charge in [-0.2, -0.15) is 0 Å². The monoisotopic (exact) mass is 214 g/mol. The number of hydrogen-bond donors (Lipinski definition) is 1. The molecule has 0 radical (unpaired) electrons. The molecular formula is C9H14N2O2S. The summed E-state index contributed by atoms with van der Waals surface area (Å²) in [6, 6.07) is 0. The van der Waals surface area contributed by atoms with Crippen molar-refractivity contribution in [3.63, 3.8) is 0 Å². The number of nitrogens with zero attached hydrogens (tertiary/aromatic N) is 2. The van der Waals surface area contributed by atoms with Gasteiger partial charge < -0.3 is 5.11 Å². The Balaban J connectivity index is 2.34. The highest BCUT2D eigenvalue weighted by Crippen LogP contribution is 2.12. The molecule has 1 heterocycles. The number of carbonyl (C=O) groups is 1. The van der Waals surface area contributed by atoms with Crippen molar-refractivity contribution in [2.75, 3.05) is 20.1 Å². The molecule has 0 spiro atoms. The summed E-state index contributed by atoms with van der Waals surface area (Å²) < 4.78 is 0. The van der Waals surface area contributed by atoms with Crippen molar-refractivity contribution in [2.45, 2.75) is 13.3 Å². The van der Waals surface area contributed by atoms with Crippen LogP contribution in [0.5, 0.6) is 0 Å². The molecule has 0 aromatic carbocycles. The van der Waals surface area contributed by atoms with E-state index in [0.717, 1.165) is 18.7 Å². The maximum atomic E-state index is 10.4. The number of likely N-dealkylation sites (N-methyl/N-ethyl adjacent to an activating group) is 1. The molecule has 4 nitrogen and oxygen atoms in total. The van der Waals surface area contributed by atoms with E-state index in [4.69, 9.17) is 5.11 Å². The van der Waals surface area contributed by atoms with Gasteiger partial charge >= 0.3 is 5.97 Å². The molecule has 0 saturated heterocycles. The zero-order valence-corrected chi connectivity index (χ0v) is 9.17. The molecule has 1 aromatic heterocycles. The first-order valence-electron chi connectivity index (χ1n) is 4.39. The first-order chi connectivity index (χ1) is 6.59. The molecule has 0 fully saturated rings. The van der Waals surface area contributed by atoms with E-state index in [0.29, 0.717) is 0 Å². The fourth-order valence-corrected chi connectivity index (χ4v) is 1.94. The zero-order chi connectivity index (χ0) is 10.6. The van der Waals surface area contributed by atoms with E-state index in [2.05, 4.69) is 4.98 Å². The smallest absolute Gasteiger partial charge is 0.317 e. The van der Waals surface area contributed by atoms with E-state index in [-0.39, 0.29) is 6.54 Å². The molecule has 0 aliphatic carbocycles. The first-order valence-corrected chi connectivity index (χ1v) is 5.27. The van der Waals surface area contributed by atoms with Gasteiger partial charge in [0.05, 0.1) is 17.7 Å². The Labute approximate surface area is 87.2 Å². The van der Waals surface area contributed by atoms with Crippen LogP contribution in [0.1, 0.15) is 10.6 Å². The van der Waals surface area contributed by atoms with E-state index in [9.17, 15) is 4.79 Å². The van der Waals surface area contributed by atoms with Gasteiger partial charge in [-0.1, -0.05) is 0 Å². The predicted octanol–water partition coefficient (Wildman–Crippen LogP) is 1.01. The third-order valence-electron chi connectivity index (χ3n) is 1.97. The van der Waals surface area contributed by atoms with Crippen LogP contribution in [-0.4, -0.2) is 41.1 Å². The second-order valence-electron chi connectivity index (χ2n) is 3.24. The van der Waals surface area contributed by atoms with Gasteiger partial charge in [-0.15, -0.1) is 11.3 Å². The number of carboxylic acid groups (broad SMARTS) is 1. The van der Waals surface area contributed by atoms with Crippen LogP contribution in [0, 0.1) is 6.92 Å². The maximum Gasteiger partial charge on any atom is 0.317 e. The molecule has 5 heteroatoms. The second kappa shape index (κ2) is 5.07. The first kappa shape index (κ1) is 11.1. The molecule has 0 aliphatic rings. The SMILES string of the molecule is Cc1ncsc1CCN(C)CC(=O)O. The van der Waals surface area contributed by atoms with Crippen LogP contribution in [0.25, 0.3) is 0 Å². The van der Waals surface area contributed by atoms with Crippen molar-refractivity contribution in [1.29, 1.82) is 0 Å². The fraction of sp³-hybridized carbons (Fsp3) is 0.556. The number of rotatable bonds is 5. The average Bonchev–Trinajstić information content (AvgIpc) is 2.46. The number of carboxylic acids is 1. The van der Waals surface area contributed by atoms with Crippen LogP contribution >= 0.6 is 11.3 Å². The molecule has 1 rings (SSSR count). The molecule has 0 amide bonds. The molecule has 0 saturated carbocycles. The van der Waals surface area contributed by atoms with Crippen molar-refractivity contribution >= 4 is 17.3 Å². The summed E-state index contributed by atoms with van der Waals surface area (Å²) in [5.74, 6) is -0.784. The number of thiazole rings is 1. The molecule has 0 atom stereocenters. The highest BCUT2D eigenvalue weighted by Gasteiger charge is 2.06. The topological polar surface area (TPSA) is 53.4 Å². The lowest BCUT2D eigenvalue weighted by Gasteiger charge is -2.12. The van der Waals surface area contributed by atoms with Crippen LogP contribution < -0.4 is 0 Å². The van der Waals surface area contributed by atoms with Gasteiger partial charge in [-0.25, -0.2) is 4.98 Å². The summed E-state index contributed by atoms with van der Waals surface area (Å²) in [5, 5.41) is 8.54. The molecular weight excluding hydrogens is 200 g/mol. The zero-order valence-electron chi connectivity index (χ0n) is 8.36. The lowest BCUT2D eigenvalue weighted by atomic mass is 10.3. The number of hydrogen-bond acceptors (Lipinski definition) is 4. The fourth-order valence-electron chi connectivity index (χ4n) is 1.17. The minimum Gasteiger partial charge on any atom is -0.480 e. The van der Waals surface area contributed by atoms with Gasteiger partial charge in [0.1, 0.15) is 0 Å². The lowest BCUT2D eigenvalue weighted by Crippen LogP contribution is -2.27. The maximum absolute atomic E-state index is 10.4. The molecule has 0 unspecified atom stereocenters. The largest absolute Gasteiger partial charge is 0.480 e. The van der Waals surface area contributed by atoms with Crippen LogP contribution in [0.4, 0.5) is 0 Å². The van der Waals surface area contributed by atoms with E-state index in [1.807, 2.05) is 19.5 Å². The third-order valence-corrected chi connectivity index (χ3v) is 2.97. The highest BCUT2D eigenvalue weighted by molar-refractivity contribution is 7.09. The van der Waals surface area contributed by atoms with Gasteiger partial charge in [0.15, 0.2) is 0 Å². The summed E-state index contributed by atoms with van der Waals surface area (Å²) in [4.78, 5) is 17.6. The van der Waals surface area contributed by atoms with Gasteiger partial charge in [0.25, 0.3) is 0 Å². The predicted molar refractivity (Wildman–Crippen MR) is 55.7 cm³/mol. The summed E-state index contributed by atoms with van der Waals surface area (Å²) >= 11 is 1.63. The average molecular weight is 214 g/mol. The van der Waals surface area contributed by atoms with Crippen LogP contribution in [0.2, 0.25) is 0 Å². The molecule has 0 aliphatic heterocycles. The van der Waals surface area contributed by atoms with Gasteiger partial charge in [0.2, 0.25) is 0 Å². The molecule has 78 valence electrons. The van der Waals surface area contributed by atoms with Crippen molar-refractivity contribution in [1.82, 2.24) is 9.88 Å². The van der Waals surface area contributed by atoms with E-state index >= 15 is 0 Å². The van der Waals surface area contributed by atoms with E-state index in [1.54, 1.807) is 16.2 Å². The molecule has 0 bridgehead atoms. The number of aromatic nitrogens is 1. The number of aryl methyl sites for hydroxylation is 1. The number of aliphatic carboxylic acids is 1. The summed E-state index contributed by atoms with van der Waals surface area (Å²) in [6.07, 6.45) is 0.875. The third kappa shape index (κ3) is 3.43. The van der Waals surface area contributed by atoms with Crippen LogP contribution in [0.15, 0.2) is 5.51 Å². The Morgan fingerprint density at radius 3 is 2.93 bits per heavy atom. The minimum atomic E-state index is -0.784. The van der Waals surface area contributed by atoms with Crippen LogP contribution in [0.3, 0.4) is 0 Å². The van der Waals surface area contributed by atoms with Gasteiger partial charge in [-0.05, 0) is 20.4 Å². The summed E-state index contributed by atoms with van der Waals surface area (Å²) in [5.41, 5.74) is 2.88. The second-order valence-corrected chi connectivity index (χ2v) is 4.18. The summed E-state index contributed by atoms with van der Waals surface area (Å²) in [7, 11) is 1.81. The minimum absolute atomic E-state index is 0.0951. The molecule has 1 N–H and O–H groups in total. The molecule has 1 aromatic rings. The van der Waals surface area contributed by atoms with Gasteiger partial charge in [0, 0.05) is 11.4 Å². The van der Waals surface area contributed by atoms with E-state index < -0.39 is 5.97 Å². The normalized spacial score (nSPS) is 10.8. The Bertz CT molecular complexity index is 312. The van der Waals surface area contributed by atoms with Crippen molar-refractivity contribution in [3.05, 3.63) is 16.1 Å². The van der Waals surface area contributed by atoms with Gasteiger partial charge in [-0.3, -0.25) is 9.69 Å². The quantitative estimate of drug-likeness (QED) is 0.794. The lowest BCUT2D eigenvalue weighted by molar-refractivity contribution is -0.137. The van der Waals surface area contributed by atoms with Crippen LogP contribution in [-0.2, 0) is 11.2 Å². The Hall–Kier alpha value is -0.940. The molecule has 14 heavy (non-hydrogen) atoms. The van der Waals surface area contributed by atoms with Crippen molar-refractivity contribution in [2.24, 2.45) is 0 Å². The Morgan fingerprint density at radius 2 is 2.43 bits per heavy atom. The van der Waals surface area contributed by atoms with Crippen molar-refractivity contribution in [3.8, 4) is 0 Å². The highest BCUT2D eigenvalue weighted by atomic mass is 32.1. The Morgan fingerprint density at radius 1 is 1.71 bits per heavy atom. The standard InChI is InChI=1S/C9H14N2O2S/c1-7-8(14-6-10-7)3-4-11(2)5-9(12)13/h6H,3-5H2,1-2H3,(H,12,13).